The number of hydrogen-bond donors (Lipinski definition) is 0. The van der Waals surface area contributed by atoms with E-state index < -0.39 is 5.41 Å². The fourth-order valence-corrected chi connectivity index (χ4v) is 13.4. The average Bonchev–Trinajstić information content (AvgIpc) is 4.21. The molecular weight excluding hydrogens is 831 g/mol. The van der Waals surface area contributed by atoms with Crippen LogP contribution >= 0.6 is 0 Å². The van der Waals surface area contributed by atoms with Crippen LogP contribution in [-0.2, 0) is 5.41 Å². The smallest absolute Gasteiger partial charge is 0.0726 e. The first kappa shape index (κ1) is 40.1. The Labute approximate surface area is 406 Å². The number of fused-ring (bicyclic) bond motifs is 12. The molecule has 0 aliphatic heterocycles. The highest BCUT2D eigenvalue weighted by molar-refractivity contribution is 5.97. The third-order valence-corrected chi connectivity index (χ3v) is 16.4. The van der Waals surface area contributed by atoms with Gasteiger partial charge in [-0.2, -0.15) is 0 Å². The van der Waals surface area contributed by atoms with E-state index in [9.17, 15) is 0 Å². The summed E-state index contributed by atoms with van der Waals surface area (Å²) < 4.78 is 0. The van der Waals surface area contributed by atoms with Crippen LogP contribution in [0.25, 0.3) is 66.8 Å². The number of nitrogens with zero attached hydrogens (tertiary/aromatic N) is 1. The summed E-state index contributed by atoms with van der Waals surface area (Å²) >= 11 is 0. The summed E-state index contributed by atoms with van der Waals surface area (Å²) in [5.41, 5.74) is 24.9. The molecule has 1 heteroatoms. The van der Waals surface area contributed by atoms with Crippen molar-refractivity contribution in [3.63, 3.8) is 0 Å². The molecule has 10 aromatic carbocycles. The molecule has 69 heavy (non-hydrogen) atoms. The average molecular weight is 882 g/mol. The predicted octanol–water partition coefficient (Wildman–Crippen LogP) is 18.1. The maximum absolute atomic E-state index is 2.50. The monoisotopic (exact) mass is 881 g/mol. The first-order valence-electron chi connectivity index (χ1n) is 25.0. The molecule has 0 aromatic heterocycles. The Morgan fingerprint density at radius 2 is 0.725 bits per heavy atom. The van der Waals surface area contributed by atoms with Gasteiger partial charge in [0.15, 0.2) is 0 Å². The van der Waals surface area contributed by atoms with Crippen LogP contribution in [0, 0.1) is 11.8 Å². The van der Waals surface area contributed by atoms with Gasteiger partial charge in [0.2, 0.25) is 0 Å². The highest BCUT2D eigenvalue weighted by Gasteiger charge is 2.51. The van der Waals surface area contributed by atoms with Crippen molar-refractivity contribution in [3.05, 3.63) is 270 Å². The lowest BCUT2D eigenvalue weighted by Crippen LogP contribution is -2.26. The molecule has 10 aromatic rings. The lowest BCUT2D eigenvalue weighted by molar-refractivity contribution is 0.420. The molecule has 2 saturated carbocycles. The van der Waals surface area contributed by atoms with Gasteiger partial charge in [-0.3, -0.25) is 0 Å². The first-order valence-corrected chi connectivity index (χ1v) is 25.0. The van der Waals surface area contributed by atoms with E-state index in [0.29, 0.717) is 0 Å². The van der Waals surface area contributed by atoms with Gasteiger partial charge < -0.3 is 4.90 Å². The minimum atomic E-state index is -0.432. The summed E-state index contributed by atoms with van der Waals surface area (Å²) in [7, 11) is 0. The van der Waals surface area contributed by atoms with Gasteiger partial charge in [-0.05, 0) is 168 Å². The molecule has 0 heterocycles. The standard InChI is InChI=1S/C68H51N/c1-2-14-48(15-3-1)55-16-4-6-18-57(55)58-19-7-5-17-56(58)49-34-38-53(39-35-49)69(52-36-32-47(33-37-52)46-28-30-50(31-29-46)63-43-45-26-27-51(63)42-45)54-40-41-62-61-22-10-13-25-66(61)68(67(62)44-54)64-23-11-8-20-59(64)60-21-9-12-24-65(60)68/h1-25,28-41,44-45,51,63H,26-27,42-43H2. The van der Waals surface area contributed by atoms with E-state index in [0.717, 1.165) is 34.8 Å². The summed E-state index contributed by atoms with van der Waals surface area (Å²) in [4.78, 5) is 2.46. The highest BCUT2D eigenvalue weighted by Crippen LogP contribution is 2.63. The summed E-state index contributed by atoms with van der Waals surface area (Å²) in [6, 6.07) is 91.0. The van der Waals surface area contributed by atoms with Gasteiger partial charge in [0.05, 0.1) is 5.41 Å². The molecule has 0 radical (unpaired) electrons. The van der Waals surface area contributed by atoms with E-state index in [2.05, 4.69) is 248 Å². The minimum absolute atomic E-state index is 0.432. The largest absolute Gasteiger partial charge is 0.310 e. The second-order valence-corrected chi connectivity index (χ2v) is 19.9. The van der Waals surface area contributed by atoms with Crippen molar-refractivity contribution in [2.45, 2.75) is 37.0 Å². The molecule has 3 unspecified atom stereocenters. The van der Waals surface area contributed by atoms with Gasteiger partial charge in [-0.15, -0.1) is 0 Å². The molecule has 1 nitrogen and oxygen atoms in total. The molecule has 0 N–H and O–H groups in total. The van der Waals surface area contributed by atoms with Gasteiger partial charge in [0.1, 0.15) is 0 Å². The van der Waals surface area contributed by atoms with Crippen LogP contribution in [0.15, 0.2) is 243 Å². The maximum Gasteiger partial charge on any atom is 0.0726 e. The number of hydrogen-bond acceptors (Lipinski definition) is 1. The molecule has 0 amide bonds. The lowest BCUT2D eigenvalue weighted by atomic mass is 9.70. The second-order valence-electron chi connectivity index (χ2n) is 19.9. The Morgan fingerprint density at radius 3 is 1.23 bits per heavy atom. The van der Waals surface area contributed by atoms with Crippen LogP contribution in [0.2, 0.25) is 0 Å². The van der Waals surface area contributed by atoms with Crippen molar-refractivity contribution in [1.82, 2.24) is 0 Å². The van der Waals surface area contributed by atoms with Crippen LogP contribution in [0.5, 0.6) is 0 Å². The summed E-state index contributed by atoms with van der Waals surface area (Å²) in [6.07, 6.45) is 5.65. The first-order chi connectivity index (χ1) is 34.2. The summed E-state index contributed by atoms with van der Waals surface area (Å²) in [6.45, 7) is 0. The van der Waals surface area contributed by atoms with E-state index in [-0.39, 0.29) is 0 Å². The van der Waals surface area contributed by atoms with Crippen molar-refractivity contribution >= 4 is 17.1 Å². The zero-order chi connectivity index (χ0) is 45.5. The molecule has 4 aliphatic rings. The van der Waals surface area contributed by atoms with Gasteiger partial charge in [-0.1, -0.05) is 213 Å². The van der Waals surface area contributed by atoms with E-state index >= 15 is 0 Å². The Morgan fingerprint density at radius 1 is 0.304 bits per heavy atom. The third kappa shape index (κ3) is 6.30. The summed E-state index contributed by atoms with van der Waals surface area (Å²) in [5, 5.41) is 0. The maximum atomic E-state index is 2.50. The van der Waals surface area contributed by atoms with Crippen LogP contribution in [0.1, 0.15) is 59.4 Å². The molecular formula is C68H51N. The van der Waals surface area contributed by atoms with Crippen molar-refractivity contribution in [1.29, 1.82) is 0 Å². The van der Waals surface area contributed by atoms with E-state index in [1.54, 1.807) is 0 Å². The van der Waals surface area contributed by atoms with Crippen molar-refractivity contribution in [2.24, 2.45) is 11.8 Å². The number of benzene rings is 10. The molecule has 14 rings (SSSR count). The Hall–Kier alpha value is -8.00. The van der Waals surface area contributed by atoms with Gasteiger partial charge in [0, 0.05) is 17.1 Å². The molecule has 4 aliphatic carbocycles. The fraction of sp³-hybridized carbons (Fsp3) is 0.118. The lowest BCUT2D eigenvalue weighted by Gasteiger charge is -2.32. The molecule has 2 fully saturated rings. The second kappa shape index (κ2) is 16.1. The molecule has 3 atom stereocenters. The van der Waals surface area contributed by atoms with E-state index in [1.807, 2.05) is 0 Å². The summed E-state index contributed by atoms with van der Waals surface area (Å²) in [5.74, 6) is 2.57. The predicted molar refractivity (Wildman–Crippen MR) is 287 cm³/mol. The van der Waals surface area contributed by atoms with Crippen LogP contribution < -0.4 is 4.90 Å². The van der Waals surface area contributed by atoms with Gasteiger partial charge in [-0.25, -0.2) is 0 Å². The Kier molecular flexibility index (Phi) is 9.34. The number of rotatable bonds is 8. The van der Waals surface area contributed by atoms with E-state index in [1.165, 1.54) is 120 Å². The fourth-order valence-electron chi connectivity index (χ4n) is 13.4. The van der Waals surface area contributed by atoms with Gasteiger partial charge >= 0.3 is 0 Å². The normalized spacial score (nSPS) is 17.6. The van der Waals surface area contributed by atoms with E-state index in [4.69, 9.17) is 0 Å². The van der Waals surface area contributed by atoms with Gasteiger partial charge in [0.25, 0.3) is 0 Å². The SMILES string of the molecule is c1ccc(-c2ccccc2-c2ccccc2-c2ccc(N(c3ccc(-c4ccc(C5CC6CCC5C6)cc4)cc3)c3ccc4c(c3)C3(c5ccccc5-c5ccccc53)c3ccccc3-4)cc2)cc1. The van der Waals surface area contributed by atoms with Crippen LogP contribution in [0.4, 0.5) is 17.1 Å². The highest BCUT2D eigenvalue weighted by atomic mass is 15.1. The van der Waals surface area contributed by atoms with Crippen molar-refractivity contribution in [2.75, 3.05) is 4.90 Å². The Balaban J connectivity index is 0.895. The van der Waals surface area contributed by atoms with Crippen LogP contribution in [0.3, 0.4) is 0 Å². The quantitative estimate of drug-likeness (QED) is 0.147. The van der Waals surface area contributed by atoms with Crippen molar-refractivity contribution < 1.29 is 0 Å². The zero-order valence-corrected chi connectivity index (χ0v) is 38.6. The topological polar surface area (TPSA) is 3.24 Å². The molecule has 2 bridgehead atoms. The minimum Gasteiger partial charge on any atom is -0.310 e. The molecule has 328 valence electrons. The zero-order valence-electron chi connectivity index (χ0n) is 38.6. The molecule has 0 saturated heterocycles. The van der Waals surface area contributed by atoms with Crippen LogP contribution in [-0.4, -0.2) is 0 Å². The third-order valence-electron chi connectivity index (χ3n) is 16.4. The number of anilines is 3. The molecule has 1 spiro atoms. The Bertz CT molecular complexity index is 3500. The van der Waals surface area contributed by atoms with Crippen molar-refractivity contribution in [3.8, 4) is 66.8 Å².